The minimum Gasteiger partial charge on any atom is -0.493 e. The first kappa shape index (κ1) is 21.2. The van der Waals surface area contributed by atoms with Gasteiger partial charge in [0.05, 0.1) is 19.9 Å². The summed E-state index contributed by atoms with van der Waals surface area (Å²) in [6.45, 7) is 1.23. The van der Waals surface area contributed by atoms with Gasteiger partial charge in [-0.2, -0.15) is 0 Å². The van der Waals surface area contributed by atoms with Gasteiger partial charge in [-0.3, -0.25) is 9.59 Å². The van der Waals surface area contributed by atoms with E-state index in [0.29, 0.717) is 5.69 Å². The molecule has 160 valence electrons. The topological polar surface area (TPSA) is 103 Å². The molecule has 1 aliphatic rings. The first-order valence-electron chi connectivity index (χ1n) is 9.46. The molecule has 8 nitrogen and oxygen atoms in total. The van der Waals surface area contributed by atoms with Crippen LogP contribution in [0.25, 0.3) is 0 Å². The summed E-state index contributed by atoms with van der Waals surface area (Å²) in [5, 5.41) is 2.66. The Hall–Kier alpha value is -3.49. The van der Waals surface area contributed by atoms with Gasteiger partial charge in [0, 0.05) is 18.7 Å². The summed E-state index contributed by atoms with van der Waals surface area (Å²) in [7, 11) is 2.77. The van der Waals surface area contributed by atoms with Crippen LogP contribution in [0.2, 0.25) is 0 Å². The number of carbonyl (C=O) groups is 2. The van der Waals surface area contributed by atoms with E-state index in [1.165, 1.54) is 32.4 Å². The third-order valence-corrected chi connectivity index (χ3v) is 4.76. The largest absolute Gasteiger partial charge is 0.493 e. The van der Waals surface area contributed by atoms with Gasteiger partial charge in [0.1, 0.15) is 11.5 Å². The molecule has 9 heteroatoms. The fraction of sp³-hybridized carbons (Fsp3) is 0.333. The number of amides is 2. The average molecular weight is 417 g/mol. The lowest BCUT2D eigenvalue weighted by atomic mass is 10.1. The normalized spacial score (nSPS) is 13.1. The van der Waals surface area contributed by atoms with Crippen molar-refractivity contribution in [1.29, 1.82) is 0 Å². The van der Waals surface area contributed by atoms with Crippen molar-refractivity contribution in [1.82, 2.24) is 0 Å². The summed E-state index contributed by atoms with van der Waals surface area (Å²) >= 11 is 0. The molecule has 1 fully saturated rings. The van der Waals surface area contributed by atoms with Gasteiger partial charge in [0.25, 0.3) is 11.8 Å². The molecule has 30 heavy (non-hydrogen) atoms. The number of hydrogen-bond donors (Lipinski definition) is 2. The molecule has 2 aromatic rings. The summed E-state index contributed by atoms with van der Waals surface area (Å²) in [6.07, 6.45) is 2.04. The lowest BCUT2D eigenvalue weighted by Gasteiger charge is -2.22. The van der Waals surface area contributed by atoms with Crippen molar-refractivity contribution in [2.24, 2.45) is 5.73 Å². The van der Waals surface area contributed by atoms with E-state index in [0.717, 1.165) is 25.9 Å². The molecule has 0 aliphatic carbocycles. The Morgan fingerprint density at radius 2 is 1.77 bits per heavy atom. The Labute approximate surface area is 173 Å². The van der Waals surface area contributed by atoms with Crippen LogP contribution < -0.4 is 30.2 Å². The molecule has 0 radical (unpaired) electrons. The Morgan fingerprint density at radius 3 is 2.33 bits per heavy atom. The maximum Gasteiger partial charge on any atom is 0.256 e. The van der Waals surface area contributed by atoms with Gasteiger partial charge in [0.15, 0.2) is 18.1 Å². The molecule has 0 saturated carbocycles. The van der Waals surface area contributed by atoms with Gasteiger partial charge in [-0.05, 0) is 37.1 Å². The Balaban J connectivity index is 1.91. The van der Waals surface area contributed by atoms with Crippen LogP contribution in [0.4, 0.5) is 15.8 Å². The number of nitrogens with zero attached hydrogens (tertiary/aromatic N) is 1. The highest BCUT2D eigenvalue weighted by molar-refractivity contribution is 6.06. The van der Waals surface area contributed by atoms with E-state index in [2.05, 4.69) is 5.32 Å². The highest BCUT2D eigenvalue weighted by atomic mass is 19.1. The predicted molar refractivity (Wildman–Crippen MR) is 110 cm³/mol. The highest BCUT2D eigenvalue weighted by Crippen LogP contribution is 2.39. The SMILES string of the molecule is COc1cc(C(=O)Nc2c(F)cccc2N2CCCC2)cc(OC)c1OCC(N)=O. The highest BCUT2D eigenvalue weighted by Gasteiger charge is 2.22. The number of para-hydroxylation sites is 1. The number of anilines is 2. The zero-order chi connectivity index (χ0) is 21.7. The molecule has 1 saturated heterocycles. The minimum absolute atomic E-state index is 0.122. The molecule has 0 bridgehead atoms. The van der Waals surface area contributed by atoms with E-state index < -0.39 is 17.6 Å². The minimum atomic E-state index is -0.671. The molecule has 0 spiro atoms. The summed E-state index contributed by atoms with van der Waals surface area (Å²) in [5.74, 6) is -1.25. The molecule has 1 heterocycles. The molecule has 1 aliphatic heterocycles. The summed E-state index contributed by atoms with van der Waals surface area (Å²) in [5.41, 5.74) is 6.05. The fourth-order valence-electron chi connectivity index (χ4n) is 3.34. The second-order valence-electron chi connectivity index (χ2n) is 6.75. The number of benzene rings is 2. The number of carbonyl (C=O) groups excluding carboxylic acids is 2. The third kappa shape index (κ3) is 4.56. The van der Waals surface area contributed by atoms with Gasteiger partial charge in [-0.25, -0.2) is 4.39 Å². The van der Waals surface area contributed by atoms with E-state index in [1.807, 2.05) is 4.90 Å². The number of methoxy groups -OCH3 is 2. The summed E-state index contributed by atoms with van der Waals surface area (Å²) in [6, 6.07) is 7.55. The monoisotopic (exact) mass is 417 g/mol. The van der Waals surface area contributed by atoms with E-state index in [9.17, 15) is 14.0 Å². The smallest absolute Gasteiger partial charge is 0.256 e. The maximum absolute atomic E-state index is 14.6. The van der Waals surface area contributed by atoms with Crippen molar-refractivity contribution in [3.63, 3.8) is 0 Å². The van der Waals surface area contributed by atoms with Crippen molar-refractivity contribution in [2.45, 2.75) is 12.8 Å². The molecule has 3 N–H and O–H groups in total. The molecule has 2 aromatic carbocycles. The van der Waals surface area contributed by atoms with Crippen LogP contribution in [-0.2, 0) is 4.79 Å². The number of nitrogens with one attached hydrogen (secondary N) is 1. The van der Waals surface area contributed by atoms with E-state index >= 15 is 0 Å². The van der Waals surface area contributed by atoms with Gasteiger partial charge >= 0.3 is 0 Å². The van der Waals surface area contributed by atoms with Crippen molar-refractivity contribution in [3.8, 4) is 17.2 Å². The zero-order valence-corrected chi connectivity index (χ0v) is 16.9. The first-order chi connectivity index (χ1) is 14.4. The average Bonchev–Trinajstić information content (AvgIpc) is 3.27. The quantitative estimate of drug-likeness (QED) is 0.684. The van der Waals surface area contributed by atoms with Gasteiger partial charge in [0.2, 0.25) is 5.75 Å². The Kier molecular flexibility index (Phi) is 6.61. The first-order valence-corrected chi connectivity index (χ1v) is 9.46. The van der Waals surface area contributed by atoms with E-state index in [1.54, 1.807) is 12.1 Å². The second kappa shape index (κ2) is 9.34. The summed E-state index contributed by atoms with van der Waals surface area (Å²) in [4.78, 5) is 26.0. The Bertz CT molecular complexity index is 919. The molecule has 0 unspecified atom stereocenters. The van der Waals surface area contributed by atoms with Crippen LogP contribution >= 0.6 is 0 Å². The lowest BCUT2D eigenvalue weighted by Crippen LogP contribution is -2.22. The summed E-state index contributed by atoms with van der Waals surface area (Å²) < 4.78 is 30.4. The molecule has 0 aromatic heterocycles. The third-order valence-electron chi connectivity index (χ3n) is 4.76. The molecular formula is C21H24FN3O5. The van der Waals surface area contributed by atoms with Crippen LogP contribution in [0.1, 0.15) is 23.2 Å². The van der Waals surface area contributed by atoms with Gasteiger partial charge in [-0.1, -0.05) is 6.07 Å². The van der Waals surface area contributed by atoms with Gasteiger partial charge in [-0.15, -0.1) is 0 Å². The number of primary amides is 1. The fourth-order valence-corrected chi connectivity index (χ4v) is 3.34. The Morgan fingerprint density at radius 1 is 1.13 bits per heavy atom. The number of ether oxygens (including phenoxy) is 3. The van der Waals surface area contributed by atoms with Crippen molar-refractivity contribution >= 4 is 23.2 Å². The molecule has 2 amide bonds. The number of nitrogens with two attached hydrogens (primary N) is 1. The van der Waals surface area contributed by atoms with Crippen LogP contribution in [0.5, 0.6) is 17.2 Å². The predicted octanol–water partition coefficient (Wildman–Crippen LogP) is 2.56. The van der Waals surface area contributed by atoms with Crippen LogP contribution in [0.15, 0.2) is 30.3 Å². The number of halogens is 1. The van der Waals surface area contributed by atoms with Crippen molar-refractivity contribution < 1.29 is 28.2 Å². The molecular weight excluding hydrogens is 393 g/mol. The zero-order valence-electron chi connectivity index (χ0n) is 16.9. The molecule has 0 atom stereocenters. The van der Waals surface area contributed by atoms with Crippen LogP contribution in [0, 0.1) is 5.82 Å². The van der Waals surface area contributed by atoms with Crippen molar-refractivity contribution in [3.05, 3.63) is 41.7 Å². The van der Waals surface area contributed by atoms with Gasteiger partial charge < -0.3 is 30.2 Å². The van der Waals surface area contributed by atoms with E-state index in [-0.39, 0.29) is 35.1 Å². The van der Waals surface area contributed by atoms with E-state index in [4.69, 9.17) is 19.9 Å². The number of hydrogen-bond acceptors (Lipinski definition) is 6. The lowest BCUT2D eigenvalue weighted by molar-refractivity contribution is -0.120. The second-order valence-corrected chi connectivity index (χ2v) is 6.75. The van der Waals surface area contributed by atoms with Crippen molar-refractivity contribution in [2.75, 3.05) is 44.1 Å². The van der Waals surface area contributed by atoms with Crippen LogP contribution in [0.3, 0.4) is 0 Å². The maximum atomic E-state index is 14.6. The van der Waals surface area contributed by atoms with Crippen LogP contribution in [-0.4, -0.2) is 45.7 Å². The molecule has 3 rings (SSSR count). The number of rotatable bonds is 8. The standard InChI is InChI=1S/C21H24FN3O5/c1-28-16-10-13(11-17(29-2)20(16)30-12-18(23)26)21(27)24-19-14(22)6-5-7-15(19)25-8-3-4-9-25/h5-7,10-11H,3-4,8-9,12H2,1-2H3,(H2,23,26)(H,24,27).